The molecule has 1 atom stereocenters. The van der Waals surface area contributed by atoms with E-state index in [0.29, 0.717) is 18.3 Å². The average molecular weight is 324 g/mol. The molecule has 0 bridgehead atoms. The fourth-order valence-electron chi connectivity index (χ4n) is 1.71. The number of carbonyl (C=O) groups is 1. The Balaban J connectivity index is 2.27. The molecule has 4 nitrogen and oxygen atoms in total. The first kappa shape index (κ1) is 13.3. The van der Waals surface area contributed by atoms with Crippen molar-refractivity contribution in [3.8, 4) is 0 Å². The largest absolute Gasteiger partial charge is 0.433 e. The minimum atomic E-state index is -4.53. The first-order valence-corrected chi connectivity index (χ1v) is 6.30. The molecule has 1 fully saturated rings. The number of hydrogen-bond acceptors (Lipinski definition) is 3. The monoisotopic (exact) mass is 323 g/mol. The van der Waals surface area contributed by atoms with Gasteiger partial charge in [0.15, 0.2) is 0 Å². The lowest BCUT2D eigenvalue weighted by Gasteiger charge is -2.15. The van der Waals surface area contributed by atoms with Crippen molar-refractivity contribution in [2.45, 2.75) is 12.6 Å². The zero-order chi connectivity index (χ0) is 13.3. The molecule has 1 amide bonds. The molecule has 2 heterocycles. The van der Waals surface area contributed by atoms with E-state index < -0.39 is 11.9 Å². The fourth-order valence-corrected chi connectivity index (χ4v) is 2.15. The molecular weight excluding hydrogens is 315 g/mol. The first-order valence-electron chi connectivity index (χ1n) is 5.18. The molecule has 0 aliphatic carbocycles. The molecule has 2 rings (SSSR count). The Hall–Kier alpha value is -1.18. The van der Waals surface area contributed by atoms with E-state index >= 15 is 0 Å². The van der Waals surface area contributed by atoms with Crippen LogP contribution in [-0.2, 0) is 11.0 Å². The highest BCUT2D eigenvalue weighted by atomic mass is 79.9. The van der Waals surface area contributed by atoms with E-state index in [9.17, 15) is 18.0 Å². The molecule has 0 spiro atoms. The molecule has 1 unspecified atom stereocenters. The predicted octanol–water partition coefficient (Wildman–Crippen LogP) is 2.24. The third kappa shape index (κ3) is 2.63. The van der Waals surface area contributed by atoms with Gasteiger partial charge in [-0.25, -0.2) is 9.97 Å². The van der Waals surface area contributed by atoms with Crippen molar-refractivity contribution in [3.05, 3.63) is 18.0 Å². The summed E-state index contributed by atoms with van der Waals surface area (Å²) < 4.78 is 37.5. The van der Waals surface area contributed by atoms with Gasteiger partial charge in [0.05, 0.1) is 0 Å². The zero-order valence-corrected chi connectivity index (χ0v) is 10.7. The number of amides is 1. The summed E-state index contributed by atoms with van der Waals surface area (Å²) in [4.78, 5) is 20.0. The van der Waals surface area contributed by atoms with Gasteiger partial charge in [0.25, 0.3) is 0 Å². The van der Waals surface area contributed by atoms with E-state index in [1.54, 1.807) is 0 Å². The van der Waals surface area contributed by atoms with Crippen molar-refractivity contribution < 1.29 is 18.0 Å². The lowest BCUT2D eigenvalue weighted by atomic mass is 10.2. The number of carbonyl (C=O) groups excluding carboxylic acids is 1. The van der Waals surface area contributed by atoms with Gasteiger partial charge in [-0.05, 0) is 12.0 Å². The molecule has 0 radical (unpaired) electrons. The number of rotatable bonds is 2. The van der Waals surface area contributed by atoms with Crippen LogP contribution < -0.4 is 4.90 Å². The van der Waals surface area contributed by atoms with Crippen molar-refractivity contribution in [2.75, 3.05) is 16.8 Å². The summed E-state index contributed by atoms with van der Waals surface area (Å²) in [6, 6.07) is 0.784. The van der Waals surface area contributed by atoms with Gasteiger partial charge in [0.2, 0.25) is 11.9 Å². The third-order valence-corrected chi connectivity index (χ3v) is 3.51. The topological polar surface area (TPSA) is 46.1 Å². The number of alkyl halides is 4. The highest BCUT2D eigenvalue weighted by Crippen LogP contribution is 2.29. The Morgan fingerprint density at radius 1 is 1.50 bits per heavy atom. The maximum Gasteiger partial charge on any atom is 0.433 e. The second-order valence-corrected chi connectivity index (χ2v) is 4.62. The van der Waals surface area contributed by atoms with Crippen LogP contribution in [0.1, 0.15) is 12.1 Å². The number of hydrogen-bond donors (Lipinski definition) is 0. The van der Waals surface area contributed by atoms with Gasteiger partial charge in [0, 0.05) is 24.5 Å². The summed E-state index contributed by atoms with van der Waals surface area (Å²) in [7, 11) is 0. The van der Waals surface area contributed by atoms with Crippen molar-refractivity contribution in [3.63, 3.8) is 0 Å². The molecule has 18 heavy (non-hydrogen) atoms. The zero-order valence-electron chi connectivity index (χ0n) is 9.12. The predicted molar refractivity (Wildman–Crippen MR) is 61.3 cm³/mol. The second-order valence-electron chi connectivity index (χ2n) is 3.97. The van der Waals surface area contributed by atoms with Crippen molar-refractivity contribution >= 4 is 27.8 Å². The Kier molecular flexibility index (Phi) is 3.56. The first-order chi connectivity index (χ1) is 8.41. The van der Waals surface area contributed by atoms with E-state index in [-0.39, 0.29) is 17.8 Å². The Morgan fingerprint density at radius 2 is 2.22 bits per heavy atom. The molecule has 1 aliphatic rings. The number of aromatic nitrogens is 2. The van der Waals surface area contributed by atoms with Crippen LogP contribution in [-0.4, -0.2) is 27.7 Å². The third-order valence-electron chi connectivity index (χ3n) is 2.60. The van der Waals surface area contributed by atoms with Crippen LogP contribution in [0.15, 0.2) is 12.3 Å². The summed E-state index contributed by atoms with van der Waals surface area (Å²) in [5, 5.41) is 0.619. The molecule has 1 saturated heterocycles. The lowest BCUT2D eigenvalue weighted by Crippen LogP contribution is -2.27. The van der Waals surface area contributed by atoms with Gasteiger partial charge in [0.1, 0.15) is 5.69 Å². The molecule has 1 aromatic heterocycles. The van der Waals surface area contributed by atoms with Gasteiger partial charge >= 0.3 is 6.18 Å². The summed E-state index contributed by atoms with van der Waals surface area (Å²) in [5.41, 5.74) is -1.04. The SMILES string of the molecule is O=C1CC(CBr)CN1c1nccc(C(F)(F)F)n1. The molecule has 1 aromatic rings. The quantitative estimate of drug-likeness (QED) is 0.784. The molecule has 0 N–H and O–H groups in total. The van der Waals surface area contributed by atoms with E-state index in [1.165, 1.54) is 4.90 Å². The van der Waals surface area contributed by atoms with Crippen LogP contribution in [0.5, 0.6) is 0 Å². The van der Waals surface area contributed by atoms with Crippen molar-refractivity contribution in [1.82, 2.24) is 9.97 Å². The van der Waals surface area contributed by atoms with Gasteiger partial charge < -0.3 is 0 Å². The number of halogens is 4. The molecule has 1 aliphatic heterocycles. The van der Waals surface area contributed by atoms with Crippen molar-refractivity contribution in [1.29, 1.82) is 0 Å². The Bertz CT molecular complexity index is 466. The van der Waals surface area contributed by atoms with Crippen LogP contribution in [0.3, 0.4) is 0 Å². The Morgan fingerprint density at radius 3 is 2.78 bits per heavy atom. The second kappa shape index (κ2) is 4.83. The van der Waals surface area contributed by atoms with Gasteiger partial charge in [-0.15, -0.1) is 0 Å². The summed E-state index contributed by atoms with van der Waals surface area (Å²) >= 11 is 3.25. The maximum atomic E-state index is 12.5. The van der Waals surface area contributed by atoms with Crippen LogP contribution in [0.25, 0.3) is 0 Å². The van der Waals surface area contributed by atoms with Crippen molar-refractivity contribution in [2.24, 2.45) is 5.92 Å². The molecule has 0 saturated carbocycles. The molecule has 98 valence electrons. The summed E-state index contributed by atoms with van der Waals surface area (Å²) in [5.74, 6) is -0.354. The number of nitrogens with zero attached hydrogens (tertiary/aromatic N) is 3. The van der Waals surface area contributed by atoms with Crippen LogP contribution >= 0.6 is 15.9 Å². The van der Waals surface area contributed by atoms with Crippen LogP contribution in [0, 0.1) is 5.92 Å². The van der Waals surface area contributed by atoms with E-state index in [1.807, 2.05) is 0 Å². The average Bonchev–Trinajstić information content (AvgIpc) is 2.70. The smallest absolute Gasteiger partial charge is 0.280 e. The highest BCUT2D eigenvalue weighted by molar-refractivity contribution is 9.09. The molecule has 8 heteroatoms. The van der Waals surface area contributed by atoms with E-state index in [4.69, 9.17) is 0 Å². The lowest BCUT2D eigenvalue weighted by molar-refractivity contribution is -0.141. The van der Waals surface area contributed by atoms with Crippen LogP contribution in [0.2, 0.25) is 0 Å². The van der Waals surface area contributed by atoms with E-state index in [2.05, 4.69) is 25.9 Å². The van der Waals surface area contributed by atoms with Gasteiger partial charge in [-0.1, -0.05) is 15.9 Å². The molecule has 0 aromatic carbocycles. The molecular formula is C10H9BrF3N3O. The van der Waals surface area contributed by atoms with Gasteiger partial charge in [-0.2, -0.15) is 13.2 Å². The minimum absolute atomic E-state index is 0.0793. The minimum Gasteiger partial charge on any atom is -0.280 e. The highest BCUT2D eigenvalue weighted by Gasteiger charge is 2.36. The van der Waals surface area contributed by atoms with E-state index in [0.717, 1.165) is 12.3 Å². The summed E-state index contributed by atoms with van der Waals surface area (Å²) in [6.07, 6.45) is -3.22. The normalized spacial score (nSPS) is 20.6. The van der Waals surface area contributed by atoms with Gasteiger partial charge in [-0.3, -0.25) is 9.69 Å². The fraction of sp³-hybridized carbons (Fsp3) is 0.500. The maximum absolute atomic E-state index is 12.5. The standard InChI is InChI=1S/C10H9BrF3N3O/c11-4-6-3-8(18)17(5-6)9-15-2-1-7(16-9)10(12,13)14/h1-2,6H,3-5H2. The summed E-state index contributed by atoms with van der Waals surface area (Å²) in [6.45, 7) is 0.339. The number of anilines is 1. The van der Waals surface area contributed by atoms with Crippen LogP contribution in [0.4, 0.5) is 19.1 Å². The Labute approximate surface area is 109 Å².